The van der Waals surface area contributed by atoms with E-state index in [9.17, 15) is 0 Å². The van der Waals surface area contributed by atoms with Gasteiger partial charge in [-0.3, -0.25) is 0 Å². The van der Waals surface area contributed by atoms with Gasteiger partial charge >= 0.3 is 0 Å². The lowest BCUT2D eigenvalue weighted by atomic mass is 10.1. The molecule has 0 radical (unpaired) electrons. The van der Waals surface area contributed by atoms with Crippen LogP contribution in [-0.2, 0) is 13.0 Å². The molecule has 2 N–H and O–H groups in total. The van der Waals surface area contributed by atoms with E-state index in [0.29, 0.717) is 0 Å². The number of fused-ring (bicyclic) bond motifs is 1. The van der Waals surface area contributed by atoms with Gasteiger partial charge < -0.3 is 10.6 Å². The molecule has 1 aromatic heterocycles. The molecule has 0 aromatic carbocycles. The smallest absolute Gasteiger partial charge is 0.0886 e. The first-order valence-electron chi connectivity index (χ1n) is 4.90. The first kappa shape index (κ1) is 10.5. The van der Waals surface area contributed by atoms with E-state index in [2.05, 4.69) is 16.7 Å². The number of nitrogens with one attached hydrogen (secondary N) is 2. The zero-order valence-corrected chi connectivity index (χ0v) is 9.42. The third-order valence-corrected chi connectivity index (χ3v) is 3.24. The van der Waals surface area contributed by atoms with E-state index in [4.69, 9.17) is 0 Å². The van der Waals surface area contributed by atoms with Gasteiger partial charge in [0.05, 0.1) is 5.00 Å². The van der Waals surface area contributed by atoms with Crippen LogP contribution in [0.3, 0.4) is 0 Å². The van der Waals surface area contributed by atoms with Gasteiger partial charge in [0.25, 0.3) is 0 Å². The fraction of sp³-hybridized carbons (Fsp3) is 0.600. The summed E-state index contributed by atoms with van der Waals surface area (Å²) in [5.41, 5.74) is 1.48. The molecular formula is C10H18N2S. The molecule has 1 aromatic rings. The molecule has 0 saturated heterocycles. The van der Waals surface area contributed by atoms with Crippen LogP contribution >= 0.6 is 11.3 Å². The molecule has 2 rings (SSSR count). The van der Waals surface area contributed by atoms with Gasteiger partial charge in [0.15, 0.2) is 0 Å². The predicted octanol–water partition coefficient (Wildman–Crippen LogP) is 2.46. The van der Waals surface area contributed by atoms with Crippen LogP contribution in [0.2, 0.25) is 0 Å². The lowest BCUT2D eigenvalue weighted by Gasteiger charge is -2.10. The van der Waals surface area contributed by atoms with Crippen molar-refractivity contribution in [1.82, 2.24) is 5.32 Å². The molecule has 0 spiro atoms. The summed E-state index contributed by atoms with van der Waals surface area (Å²) >= 11 is 1.88. The maximum absolute atomic E-state index is 3.36. The van der Waals surface area contributed by atoms with E-state index in [1.54, 1.807) is 4.88 Å². The highest BCUT2D eigenvalue weighted by Gasteiger charge is 2.11. The van der Waals surface area contributed by atoms with Gasteiger partial charge in [0, 0.05) is 25.0 Å². The lowest BCUT2D eigenvalue weighted by Crippen LogP contribution is -2.21. The number of rotatable bonds is 1. The third kappa shape index (κ3) is 2.45. The van der Waals surface area contributed by atoms with Crippen molar-refractivity contribution in [3.8, 4) is 0 Å². The Kier molecular flexibility index (Phi) is 4.25. The summed E-state index contributed by atoms with van der Waals surface area (Å²) < 4.78 is 0. The summed E-state index contributed by atoms with van der Waals surface area (Å²) in [5, 5.41) is 7.82. The molecule has 1 aliphatic heterocycles. The molecule has 2 nitrogen and oxygen atoms in total. The normalized spacial score (nSPS) is 14.1. The number of anilines is 1. The van der Waals surface area contributed by atoms with Crippen LogP contribution in [0.5, 0.6) is 0 Å². The first-order valence-corrected chi connectivity index (χ1v) is 5.72. The fourth-order valence-corrected chi connectivity index (χ4v) is 2.41. The van der Waals surface area contributed by atoms with Gasteiger partial charge in [0.1, 0.15) is 0 Å². The van der Waals surface area contributed by atoms with Gasteiger partial charge in [-0.2, -0.15) is 0 Å². The van der Waals surface area contributed by atoms with Crippen LogP contribution in [0, 0.1) is 0 Å². The highest BCUT2D eigenvalue weighted by atomic mass is 32.1. The average molecular weight is 198 g/mol. The van der Waals surface area contributed by atoms with Crippen molar-refractivity contribution in [2.24, 2.45) is 0 Å². The Balaban J connectivity index is 0.000000396. The molecule has 0 aliphatic carbocycles. The molecule has 13 heavy (non-hydrogen) atoms. The van der Waals surface area contributed by atoms with E-state index in [-0.39, 0.29) is 0 Å². The minimum Gasteiger partial charge on any atom is -0.380 e. The van der Waals surface area contributed by atoms with Gasteiger partial charge in [0.2, 0.25) is 0 Å². The molecule has 2 heterocycles. The maximum Gasteiger partial charge on any atom is 0.0886 e. The van der Waals surface area contributed by atoms with E-state index >= 15 is 0 Å². The SMILES string of the molecule is CC.CNc1cc2c(s1)CCNC2. The third-order valence-electron chi connectivity index (χ3n) is 1.99. The Morgan fingerprint density at radius 1 is 1.46 bits per heavy atom. The second-order valence-electron chi connectivity index (χ2n) is 2.74. The predicted molar refractivity (Wildman–Crippen MR) is 60.6 cm³/mol. The molecular weight excluding hydrogens is 180 g/mol. The Morgan fingerprint density at radius 2 is 2.23 bits per heavy atom. The summed E-state index contributed by atoms with van der Waals surface area (Å²) in [6.07, 6.45) is 1.20. The highest BCUT2D eigenvalue weighted by Crippen LogP contribution is 2.28. The van der Waals surface area contributed by atoms with Gasteiger partial charge in [-0.25, -0.2) is 0 Å². The zero-order chi connectivity index (χ0) is 9.68. The van der Waals surface area contributed by atoms with Crippen molar-refractivity contribution < 1.29 is 0 Å². The number of thiophene rings is 1. The van der Waals surface area contributed by atoms with Crippen LogP contribution < -0.4 is 10.6 Å². The quantitative estimate of drug-likeness (QED) is 0.724. The summed E-state index contributed by atoms with van der Waals surface area (Å²) in [6, 6.07) is 2.24. The number of hydrogen-bond acceptors (Lipinski definition) is 3. The summed E-state index contributed by atoms with van der Waals surface area (Å²) in [7, 11) is 1.98. The van der Waals surface area contributed by atoms with Crippen LogP contribution in [0.25, 0.3) is 0 Å². The van der Waals surface area contributed by atoms with Crippen LogP contribution in [0.4, 0.5) is 5.00 Å². The monoisotopic (exact) mass is 198 g/mol. The molecule has 3 heteroatoms. The molecule has 0 unspecified atom stereocenters. The van der Waals surface area contributed by atoms with Crippen molar-refractivity contribution in [2.75, 3.05) is 18.9 Å². The Hall–Kier alpha value is -0.540. The standard InChI is InChI=1S/C8H12N2S.C2H6/c1-9-8-4-6-5-10-3-2-7(6)11-8;1-2/h4,9-10H,2-3,5H2,1H3;1-2H3. The van der Waals surface area contributed by atoms with Gasteiger partial charge in [-0.05, 0) is 18.1 Å². The highest BCUT2D eigenvalue weighted by molar-refractivity contribution is 7.16. The molecule has 0 bridgehead atoms. The molecule has 74 valence electrons. The van der Waals surface area contributed by atoms with Crippen LogP contribution in [-0.4, -0.2) is 13.6 Å². The fourth-order valence-electron chi connectivity index (χ4n) is 1.38. The Labute approximate surface area is 84.4 Å². The molecule has 0 saturated carbocycles. The van der Waals surface area contributed by atoms with Crippen molar-refractivity contribution in [3.63, 3.8) is 0 Å². The first-order chi connectivity index (χ1) is 6.40. The molecule has 0 fully saturated rings. The molecule has 0 amide bonds. The largest absolute Gasteiger partial charge is 0.380 e. The van der Waals surface area contributed by atoms with E-state index in [0.717, 1.165) is 13.1 Å². The van der Waals surface area contributed by atoms with Crippen molar-refractivity contribution >= 4 is 16.3 Å². The van der Waals surface area contributed by atoms with Crippen LogP contribution in [0.15, 0.2) is 6.07 Å². The van der Waals surface area contributed by atoms with Crippen molar-refractivity contribution in [3.05, 3.63) is 16.5 Å². The Morgan fingerprint density at radius 3 is 2.85 bits per heavy atom. The van der Waals surface area contributed by atoms with Crippen molar-refractivity contribution in [1.29, 1.82) is 0 Å². The van der Waals surface area contributed by atoms with Gasteiger partial charge in [-0.15, -0.1) is 11.3 Å². The second kappa shape index (κ2) is 5.25. The van der Waals surface area contributed by atoms with E-state index in [1.165, 1.54) is 17.0 Å². The zero-order valence-electron chi connectivity index (χ0n) is 8.61. The average Bonchev–Trinajstić information content (AvgIpc) is 2.63. The van der Waals surface area contributed by atoms with Crippen molar-refractivity contribution in [2.45, 2.75) is 26.8 Å². The topological polar surface area (TPSA) is 24.1 Å². The summed E-state index contributed by atoms with van der Waals surface area (Å²) in [4.78, 5) is 1.55. The molecule has 1 aliphatic rings. The minimum absolute atomic E-state index is 1.05. The van der Waals surface area contributed by atoms with Gasteiger partial charge in [-0.1, -0.05) is 13.8 Å². The van der Waals surface area contributed by atoms with Crippen LogP contribution in [0.1, 0.15) is 24.3 Å². The second-order valence-corrected chi connectivity index (χ2v) is 3.87. The summed E-state index contributed by atoms with van der Waals surface area (Å²) in [5.74, 6) is 0. The maximum atomic E-state index is 3.36. The Bertz CT molecular complexity index is 232. The molecule has 0 atom stereocenters. The van der Waals surface area contributed by atoms with E-state index < -0.39 is 0 Å². The summed E-state index contributed by atoms with van der Waals surface area (Å²) in [6.45, 7) is 6.18. The lowest BCUT2D eigenvalue weighted by molar-refractivity contribution is 0.653. The number of hydrogen-bond donors (Lipinski definition) is 2. The minimum atomic E-state index is 1.05. The van der Waals surface area contributed by atoms with E-state index in [1.807, 2.05) is 32.2 Å².